The zero-order valence-corrected chi connectivity index (χ0v) is 17.2. The lowest BCUT2D eigenvalue weighted by Crippen LogP contribution is -2.34. The minimum Gasteiger partial charge on any atom is -0.478 e. The van der Waals surface area contributed by atoms with Crippen molar-refractivity contribution >= 4 is 22.8 Å². The van der Waals surface area contributed by atoms with E-state index < -0.39 is 24.0 Å². The third-order valence-corrected chi connectivity index (χ3v) is 7.02. The Bertz CT molecular complexity index is 965. The zero-order chi connectivity index (χ0) is 20.9. The second-order valence-corrected chi connectivity index (χ2v) is 8.73. The van der Waals surface area contributed by atoms with E-state index in [2.05, 4.69) is 24.3 Å². The highest BCUT2D eigenvalue weighted by Crippen LogP contribution is 2.32. The fraction of sp³-hybridized carbons (Fsp3) is 0.167. The van der Waals surface area contributed by atoms with E-state index in [9.17, 15) is 9.59 Å². The molecule has 0 saturated carbocycles. The molecule has 1 aliphatic heterocycles. The van der Waals surface area contributed by atoms with Gasteiger partial charge in [-0.15, -0.1) is 0 Å². The van der Waals surface area contributed by atoms with Crippen LogP contribution in [0, 0.1) is 5.92 Å². The predicted molar refractivity (Wildman–Crippen MR) is 112 cm³/mol. The van der Waals surface area contributed by atoms with Gasteiger partial charge in [0.05, 0.1) is 18.0 Å². The van der Waals surface area contributed by atoms with Crippen LogP contribution in [0.3, 0.4) is 0 Å². The molecule has 1 heterocycles. The molecule has 3 aromatic rings. The number of carbonyl (C=O) groups is 2. The number of hydrogen-bond donors (Lipinski definition) is 0. The summed E-state index contributed by atoms with van der Waals surface area (Å²) in [6.45, 7) is -0.0280. The van der Waals surface area contributed by atoms with Crippen LogP contribution in [0.4, 0.5) is 0 Å². The van der Waals surface area contributed by atoms with Crippen molar-refractivity contribution in [1.82, 2.24) is 0 Å². The standard InChI is InChI=1S/C24H21O5S/c1-27-23(25)21-16-28-24(26)22(21)29-17-12-14-20(15-13-17)30(18-8-4-2-5-9-18)19-10-6-3-7-11-19/h2-15,21-22H,16H2,1H3/q+1. The number of ether oxygens (including phenoxy) is 3. The number of benzene rings is 3. The van der Waals surface area contributed by atoms with Crippen LogP contribution in [0.5, 0.6) is 5.75 Å². The summed E-state index contributed by atoms with van der Waals surface area (Å²) in [7, 11) is 1.01. The van der Waals surface area contributed by atoms with E-state index in [0.29, 0.717) is 5.75 Å². The van der Waals surface area contributed by atoms with Gasteiger partial charge in [-0.05, 0) is 48.5 Å². The van der Waals surface area contributed by atoms with Gasteiger partial charge in [-0.3, -0.25) is 4.79 Å². The van der Waals surface area contributed by atoms with Crippen molar-refractivity contribution in [2.75, 3.05) is 13.7 Å². The average Bonchev–Trinajstić information content (AvgIpc) is 3.16. The van der Waals surface area contributed by atoms with Crippen LogP contribution in [-0.2, 0) is 30.0 Å². The number of rotatable bonds is 6. The van der Waals surface area contributed by atoms with E-state index in [1.54, 1.807) is 0 Å². The molecule has 2 atom stereocenters. The molecule has 3 aromatic carbocycles. The van der Waals surface area contributed by atoms with Crippen LogP contribution in [0.15, 0.2) is 99.6 Å². The van der Waals surface area contributed by atoms with Crippen LogP contribution in [0.2, 0.25) is 0 Å². The molecule has 0 amide bonds. The van der Waals surface area contributed by atoms with E-state index in [-0.39, 0.29) is 17.5 Å². The Labute approximate surface area is 177 Å². The Morgan fingerprint density at radius 1 is 0.867 bits per heavy atom. The Hall–Kier alpha value is -3.25. The van der Waals surface area contributed by atoms with Crippen molar-refractivity contribution in [2.24, 2.45) is 5.92 Å². The Balaban J connectivity index is 1.60. The fourth-order valence-electron chi connectivity index (χ4n) is 3.30. The quantitative estimate of drug-likeness (QED) is 0.447. The first-order valence-electron chi connectivity index (χ1n) is 9.53. The third kappa shape index (κ3) is 4.19. The maximum atomic E-state index is 12.0. The summed E-state index contributed by atoms with van der Waals surface area (Å²) in [4.78, 5) is 27.4. The van der Waals surface area contributed by atoms with E-state index in [1.807, 2.05) is 60.7 Å². The summed E-state index contributed by atoms with van der Waals surface area (Å²) < 4.78 is 15.5. The lowest BCUT2D eigenvalue weighted by molar-refractivity contribution is -0.149. The van der Waals surface area contributed by atoms with Crippen LogP contribution in [0.1, 0.15) is 0 Å². The van der Waals surface area contributed by atoms with Crippen LogP contribution in [0.25, 0.3) is 0 Å². The smallest absolute Gasteiger partial charge is 0.348 e. The summed E-state index contributed by atoms with van der Waals surface area (Å²) in [6, 6.07) is 28.3. The molecule has 0 radical (unpaired) electrons. The lowest BCUT2D eigenvalue weighted by Gasteiger charge is -2.15. The summed E-state index contributed by atoms with van der Waals surface area (Å²) >= 11 is 0. The highest BCUT2D eigenvalue weighted by molar-refractivity contribution is 7.97. The fourth-order valence-corrected chi connectivity index (χ4v) is 5.38. The van der Waals surface area contributed by atoms with Crippen molar-refractivity contribution < 1.29 is 23.8 Å². The molecule has 0 spiro atoms. The summed E-state index contributed by atoms with van der Waals surface area (Å²) in [5, 5.41) is 0. The number of hydrogen-bond acceptors (Lipinski definition) is 5. The maximum absolute atomic E-state index is 12.0. The summed E-state index contributed by atoms with van der Waals surface area (Å²) in [6.07, 6.45) is -0.996. The highest BCUT2D eigenvalue weighted by Gasteiger charge is 2.44. The first-order valence-corrected chi connectivity index (χ1v) is 10.8. The van der Waals surface area contributed by atoms with Crippen molar-refractivity contribution in [3.63, 3.8) is 0 Å². The first-order chi connectivity index (χ1) is 14.7. The predicted octanol–water partition coefficient (Wildman–Crippen LogP) is 3.88. The third-order valence-electron chi connectivity index (χ3n) is 4.79. The molecule has 30 heavy (non-hydrogen) atoms. The minimum absolute atomic E-state index is 0.0280. The normalized spacial score (nSPS) is 18.1. The van der Waals surface area contributed by atoms with E-state index in [4.69, 9.17) is 14.2 Å². The molecule has 5 nitrogen and oxygen atoms in total. The second-order valence-electron chi connectivity index (χ2n) is 6.70. The van der Waals surface area contributed by atoms with Gasteiger partial charge in [0.1, 0.15) is 18.3 Å². The van der Waals surface area contributed by atoms with Gasteiger partial charge in [-0.2, -0.15) is 0 Å². The van der Waals surface area contributed by atoms with Gasteiger partial charge in [0.15, 0.2) is 14.7 Å². The molecule has 0 aromatic heterocycles. The van der Waals surface area contributed by atoms with Crippen molar-refractivity contribution in [2.45, 2.75) is 20.8 Å². The monoisotopic (exact) mass is 421 g/mol. The lowest BCUT2D eigenvalue weighted by atomic mass is 10.1. The van der Waals surface area contributed by atoms with Gasteiger partial charge in [0.2, 0.25) is 6.10 Å². The van der Waals surface area contributed by atoms with Crippen LogP contribution in [-0.4, -0.2) is 31.8 Å². The molecular weight excluding hydrogens is 400 g/mol. The molecule has 2 unspecified atom stereocenters. The molecule has 6 heteroatoms. The van der Waals surface area contributed by atoms with E-state index in [1.165, 1.54) is 16.9 Å². The number of methoxy groups -OCH3 is 1. The van der Waals surface area contributed by atoms with Crippen molar-refractivity contribution in [3.05, 3.63) is 84.9 Å². The molecule has 0 bridgehead atoms. The van der Waals surface area contributed by atoms with Crippen molar-refractivity contribution in [1.29, 1.82) is 0 Å². The second kappa shape index (κ2) is 9.05. The van der Waals surface area contributed by atoms with Gasteiger partial charge >= 0.3 is 11.9 Å². The first kappa shape index (κ1) is 20.0. The molecule has 1 saturated heterocycles. The Morgan fingerprint density at radius 2 is 1.40 bits per heavy atom. The molecular formula is C24H21O5S+. The molecule has 0 aliphatic carbocycles. The summed E-state index contributed by atoms with van der Waals surface area (Å²) in [5.74, 6) is -1.33. The van der Waals surface area contributed by atoms with E-state index >= 15 is 0 Å². The topological polar surface area (TPSA) is 61.8 Å². The highest BCUT2D eigenvalue weighted by atomic mass is 32.2. The minimum atomic E-state index is -0.996. The molecule has 0 N–H and O–H groups in total. The van der Waals surface area contributed by atoms with Gasteiger partial charge < -0.3 is 14.2 Å². The van der Waals surface area contributed by atoms with Gasteiger partial charge in [0.25, 0.3) is 0 Å². The van der Waals surface area contributed by atoms with E-state index in [0.717, 1.165) is 4.90 Å². The largest absolute Gasteiger partial charge is 0.478 e. The zero-order valence-electron chi connectivity index (χ0n) is 16.4. The van der Waals surface area contributed by atoms with Gasteiger partial charge in [-0.1, -0.05) is 36.4 Å². The van der Waals surface area contributed by atoms with Gasteiger partial charge in [0, 0.05) is 0 Å². The SMILES string of the molecule is COC(=O)C1COC(=O)C1Oc1ccc([S+](c2ccccc2)c2ccccc2)cc1. The van der Waals surface area contributed by atoms with Crippen LogP contribution < -0.4 is 4.74 Å². The molecule has 1 aliphatic rings. The number of cyclic esters (lactones) is 1. The molecule has 152 valence electrons. The molecule has 1 fully saturated rings. The average molecular weight is 421 g/mol. The number of esters is 2. The van der Waals surface area contributed by atoms with Crippen LogP contribution >= 0.6 is 0 Å². The number of carbonyl (C=O) groups excluding carboxylic acids is 2. The maximum Gasteiger partial charge on any atom is 0.348 e. The van der Waals surface area contributed by atoms with Gasteiger partial charge in [-0.25, -0.2) is 4.79 Å². The Morgan fingerprint density at radius 3 is 1.93 bits per heavy atom. The Kier molecular flexibility index (Phi) is 6.05. The molecule has 4 rings (SSSR count). The summed E-state index contributed by atoms with van der Waals surface area (Å²) in [5.41, 5.74) is 0. The van der Waals surface area contributed by atoms with Crippen molar-refractivity contribution in [3.8, 4) is 5.75 Å².